The number of anilines is 1. The molecule has 0 radical (unpaired) electrons. The van der Waals surface area contributed by atoms with Gasteiger partial charge in [-0.1, -0.05) is 12.1 Å². The lowest BCUT2D eigenvalue weighted by Gasteiger charge is -2.11. The summed E-state index contributed by atoms with van der Waals surface area (Å²) in [5, 5.41) is 17.3. The zero-order chi connectivity index (χ0) is 13.7. The second-order valence-corrected chi connectivity index (χ2v) is 4.44. The van der Waals surface area contributed by atoms with Crippen molar-refractivity contribution in [3.63, 3.8) is 0 Å². The van der Waals surface area contributed by atoms with Gasteiger partial charge in [0.25, 0.3) is 0 Å². The maximum absolute atomic E-state index is 8.95. The molecule has 2 rings (SSSR count). The summed E-state index contributed by atoms with van der Waals surface area (Å²) in [7, 11) is 4.00. The monoisotopic (exact) mass is 255 g/mol. The summed E-state index contributed by atoms with van der Waals surface area (Å²) in [6.45, 7) is 0.0451. The summed E-state index contributed by atoms with van der Waals surface area (Å²) in [5.41, 5.74) is 3.59. The van der Waals surface area contributed by atoms with Crippen molar-refractivity contribution in [1.82, 2.24) is 0 Å². The van der Waals surface area contributed by atoms with E-state index in [0.717, 1.165) is 22.6 Å². The van der Waals surface area contributed by atoms with Crippen LogP contribution in [0.3, 0.4) is 0 Å². The van der Waals surface area contributed by atoms with E-state index in [-0.39, 0.29) is 6.61 Å². The second kappa shape index (κ2) is 6.11. The number of nitrogens with zero attached hydrogens (tertiary/aromatic N) is 3. The minimum absolute atomic E-state index is 0.0451. The van der Waals surface area contributed by atoms with E-state index in [9.17, 15) is 0 Å². The number of azo groups is 1. The van der Waals surface area contributed by atoms with Gasteiger partial charge in [0.15, 0.2) is 0 Å². The maximum atomic E-state index is 8.95. The summed E-state index contributed by atoms with van der Waals surface area (Å²) in [6, 6.07) is 15.2. The van der Waals surface area contributed by atoms with Gasteiger partial charge < -0.3 is 10.0 Å². The molecule has 0 aliphatic carbocycles. The standard InChI is InChI=1S/C15H17N3O/c1-18(2)15-9-7-14(8-10-15)17-16-13-5-3-12(11-19)4-6-13/h3-10,19H,11H2,1-2H3. The van der Waals surface area contributed by atoms with Crippen LogP contribution in [0.5, 0.6) is 0 Å². The fourth-order valence-electron chi connectivity index (χ4n) is 1.60. The van der Waals surface area contributed by atoms with E-state index in [1.165, 1.54) is 0 Å². The molecule has 2 aromatic carbocycles. The number of hydrogen-bond acceptors (Lipinski definition) is 4. The number of rotatable bonds is 4. The van der Waals surface area contributed by atoms with E-state index in [1.807, 2.05) is 67.5 Å². The van der Waals surface area contributed by atoms with E-state index < -0.39 is 0 Å². The Bertz CT molecular complexity index is 545. The van der Waals surface area contributed by atoms with Crippen molar-refractivity contribution in [2.75, 3.05) is 19.0 Å². The Balaban J connectivity index is 2.08. The Labute approximate surface area is 113 Å². The second-order valence-electron chi connectivity index (χ2n) is 4.44. The van der Waals surface area contributed by atoms with Gasteiger partial charge in [0, 0.05) is 19.8 Å². The van der Waals surface area contributed by atoms with Gasteiger partial charge in [-0.15, -0.1) is 0 Å². The SMILES string of the molecule is CN(C)c1ccc(N=Nc2ccc(CO)cc2)cc1. The molecule has 98 valence electrons. The first-order valence-corrected chi connectivity index (χ1v) is 6.08. The van der Waals surface area contributed by atoms with Crippen molar-refractivity contribution in [3.05, 3.63) is 54.1 Å². The third-order valence-electron chi connectivity index (χ3n) is 2.77. The Morgan fingerprint density at radius 3 is 1.74 bits per heavy atom. The predicted octanol–water partition coefficient (Wildman–Crippen LogP) is 3.66. The smallest absolute Gasteiger partial charge is 0.0858 e. The molecule has 0 aliphatic heterocycles. The molecule has 1 N–H and O–H groups in total. The van der Waals surface area contributed by atoms with Gasteiger partial charge in [-0.2, -0.15) is 10.2 Å². The molecule has 0 aliphatic rings. The van der Waals surface area contributed by atoms with Crippen LogP contribution in [0.15, 0.2) is 58.8 Å². The summed E-state index contributed by atoms with van der Waals surface area (Å²) < 4.78 is 0. The van der Waals surface area contributed by atoms with E-state index in [1.54, 1.807) is 0 Å². The molecule has 0 amide bonds. The molecule has 19 heavy (non-hydrogen) atoms. The van der Waals surface area contributed by atoms with Gasteiger partial charge >= 0.3 is 0 Å². The number of aliphatic hydroxyl groups is 1. The summed E-state index contributed by atoms with van der Waals surface area (Å²) >= 11 is 0. The number of hydrogen-bond donors (Lipinski definition) is 1. The van der Waals surface area contributed by atoms with Gasteiger partial charge in [-0.25, -0.2) is 0 Å². The molecular weight excluding hydrogens is 238 g/mol. The van der Waals surface area contributed by atoms with Crippen LogP contribution in [0, 0.1) is 0 Å². The van der Waals surface area contributed by atoms with Crippen LogP contribution in [0.4, 0.5) is 17.1 Å². The minimum Gasteiger partial charge on any atom is -0.392 e. The molecule has 0 atom stereocenters. The van der Waals surface area contributed by atoms with Crippen molar-refractivity contribution in [2.45, 2.75) is 6.61 Å². The number of aliphatic hydroxyl groups excluding tert-OH is 1. The van der Waals surface area contributed by atoms with Crippen molar-refractivity contribution in [2.24, 2.45) is 10.2 Å². The van der Waals surface area contributed by atoms with Crippen LogP contribution in [0.1, 0.15) is 5.56 Å². The van der Waals surface area contributed by atoms with Gasteiger partial charge in [0.1, 0.15) is 0 Å². The van der Waals surface area contributed by atoms with Gasteiger partial charge in [-0.05, 0) is 42.0 Å². The summed E-state index contributed by atoms with van der Waals surface area (Å²) in [6.07, 6.45) is 0. The van der Waals surface area contributed by atoms with Crippen LogP contribution in [-0.4, -0.2) is 19.2 Å². The lowest BCUT2D eigenvalue weighted by Crippen LogP contribution is -2.07. The zero-order valence-electron chi connectivity index (χ0n) is 11.1. The highest BCUT2D eigenvalue weighted by Crippen LogP contribution is 2.21. The van der Waals surface area contributed by atoms with Crippen LogP contribution in [-0.2, 0) is 6.61 Å². The highest BCUT2D eigenvalue weighted by molar-refractivity contribution is 5.52. The molecule has 0 saturated heterocycles. The molecule has 0 saturated carbocycles. The topological polar surface area (TPSA) is 48.2 Å². The Morgan fingerprint density at radius 2 is 1.32 bits per heavy atom. The van der Waals surface area contributed by atoms with Crippen molar-refractivity contribution >= 4 is 17.1 Å². The first-order chi connectivity index (χ1) is 9.19. The van der Waals surface area contributed by atoms with Gasteiger partial charge in [0.05, 0.1) is 18.0 Å². The molecular formula is C15H17N3O. The van der Waals surface area contributed by atoms with Crippen LogP contribution in [0.25, 0.3) is 0 Å². The highest BCUT2D eigenvalue weighted by Gasteiger charge is 1.95. The predicted molar refractivity (Wildman–Crippen MR) is 77.3 cm³/mol. The Kier molecular flexibility index (Phi) is 4.26. The van der Waals surface area contributed by atoms with E-state index >= 15 is 0 Å². The Morgan fingerprint density at radius 1 is 0.842 bits per heavy atom. The molecule has 0 bridgehead atoms. The fourth-order valence-corrected chi connectivity index (χ4v) is 1.60. The van der Waals surface area contributed by atoms with E-state index in [2.05, 4.69) is 10.2 Å². The summed E-state index contributed by atoms with van der Waals surface area (Å²) in [5.74, 6) is 0. The van der Waals surface area contributed by atoms with E-state index in [0.29, 0.717) is 0 Å². The van der Waals surface area contributed by atoms with Crippen LogP contribution < -0.4 is 4.90 Å². The third kappa shape index (κ3) is 3.63. The number of benzene rings is 2. The Hall–Kier alpha value is -2.20. The largest absolute Gasteiger partial charge is 0.392 e. The molecule has 0 fully saturated rings. The molecule has 0 aromatic heterocycles. The maximum Gasteiger partial charge on any atom is 0.0858 e. The third-order valence-corrected chi connectivity index (χ3v) is 2.77. The molecule has 0 unspecified atom stereocenters. The normalized spacial score (nSPS) is 10.9. The quantitative estimate of drug-likeness (QED) is 0.847. The molecule has 0 spiro atoms. The van der Waals surface area contributed by atoms with Crippen molar-refractivity contribution in [3.8, 4) is 0 Å². The van der Waals surface area contributed by atoms with Crippen LogP contribution >= 0.6 is 0 Å². The fraction of sp³-hybridized carbons (Fsp3) is 0.200. The van der Waals surface area contributed by atoms with Crippen LogP contribution in [0.2, 0.25) is 0 Å². The average molecular weight is 255 g/mol. The lowest BCUT2D eigenvalue weighted by atomic mass is 10.2. The van der Waals surface area contributed by atoms with E-state index in [4.69, 9.17) is 5.11 Å². The zero-order valence-corrected chi connectivity index (χ0v) is 11.1. The summed E-state index contributed by atoms with van der Waals surface area (Å²) in [4.78, 5) is 2.04. The molecule has 2 aromatic rings. The highest BCUT2D eigenvalue weighted by atomic mass is 16.3. The average Bonchev–Trinajstić information content (AvgIpc) is 2.46. The van der Waals surface area contributed by atoms with Gasteiger partial charge in [-0.3, -0.25) is 0 Å². The molecule has 4 heteroatoms. The first kappa shape index (κ1) is 13.2. The minimum atomic E-state index is 0.0451. The van der Waals surface area contributed by atoms with Crippen molar-refractivity contribution in [1.29, 1.82) is 0 Å². The molecule has 4 nitrogen and oxygen atoms in total. The van der Waals surface area contributed by atoms with Gasteiger partial charge in [0.2, 0.25) is 0 Å². The van der Waals surface area contributed by atoms with Crippen molar-refractivity contribution < 1.29 is 5.11 Å². The molecule has 0 heterocycles. The first-order valence-electron chi connectivity index (χ1n) is 6.08. The lowest BCUT2D eigenvalue weighted by molar-refractivity contribution is 0.282.